The van der Waals surface area contributed by atoms with Crippen LogP contribution in [-0.2, 0) is 12.2 Å². The second kappa shape index (κ2) is 5.83. The molecule has 0 radical (unpaired) electrons. The second-order valence-electron chi connectivity index (χ2n) is 5.51. The van der Waals surface area contributed by atoms with Crippen molar-refractivity contribution >= 4 is 10.9 Å². The molecule has 0 saturated carbocycles. The first-order chi connectivity index (χ1) is 10.6. The maximum Gasteiger partial charge on any atom is 0.232 e. The van der Waals surface area contributed by atoms with Crippen LogP contribution in [0.1, 0.15) is 18.1 Å². The zero-order chi connectivity index (χ0) is 15.6. The molecule has 0 aliphatic heterocycles. The van der Waals surface area contributed by atoms with Gasteiger partial charge in [0.15, 0.2) is 0 Å². The lowest BCUT2D eigenvalue weighted by atomic mass is 10.1. The van der Waals surface area contributed by atoms with Gasteiger partial charge >= 0.3 is 0 Å². The molecule has 114 valence electrons. The van der Waals surface area contributed by atoms with Gasteiger partial charge in [0.1, 0.15) is 5.75 Å². The average Bonchev–Trinajstić information content (AvgIpc) is 2.91. The summed E-state index contributed by atoms with van der Waals surface area (Å²) in [6, 6.07) is 15.1. The van der Waals surface area contributed by atoms with Crippen LogP contribution in [0.2, 0.25) is 0 Å². The molecule has 3 aromatic rings. The Morgan fingerprint density at radius 2 is 1.95 bits per heavy atom. The Balaban J connectivity index is 1.92. The number of benzene rings is 2. The maximum absolute atomic E-state index is 10.6. The molecule has 4 nitrogen and oxygen atoms in total. The minimum Gasteiger partial charge on any atom is -0.459 e. The summed E-state index contributed by atoms with van der Waals surface area (Å²) in [5.41, 5.74) is 8.55. The number of ether oxygens (including phenoxy) is 1. The molecule has 0 aliphatic rings. The van der Waals surface area contributed by atoms with Gasteiger partial charge in [0.05, 0.1) is 0 Å². The normalized spacial score (nSPS) is 14.0. The zero-order valence-corrected chi connectivity index (χ0v) is 12.5. The number of aromatic amines is 1. The van der Waals surface area contributed by atoms with Gasteiger partial charge < -0.3 is 20.6 Å². The molecular weight excluding hydrogens is 276 g/mol. The topological polar surface area (TPSA) is 71.3 Å². The minimum absolute atomic E-state index is 0.597. The molecule has 0 saturated heterocycles. The molecule has 4 N–H and O–H groups in total. The highest BCUT2D eigenvalue weighted by Crippen LogP contribution is 2.29. The average molecular weight is 296 g/mol. The van der Waals surface area contributed by atoms with E-state index in [-0.39, 0.29) is 0 Å². The van der Waals surface area contributed by atoms with E-state index in [0.29, 0.717) is 17.9 Å². The Hall–Kier alpha value is -2.30. The van der Waals surface area contributed by atoms with Gasteiger partial charge in [0.2, 0.25) is 5.79 Å². The summed E-state index contributed by atoms with van der Waals surface area (Å²) < 4.78 is 5.81. The smallest absolute Gasteiger partial charge is 0.232 e. The van der Waals surface area contributed by atoms with Crippen molar-refractivity contribution in [2.24, 2.45) is 5.73 Å². The fourth-order valence-corrected chi connectivity index (χ4v) is 2.62. The predicted molar refractivity (Wildman–Crippen MR) is 87.7 cm³/mol. The predicted octanol–water partition coefficient (Wildman–Crippen LogP) is 2.91. The van der Waals surface area contributed by atoms with E-state index in [0.717, 1.165) is 22.9 Å². The first kappa shape index (κ1) is 14.6. The van der Waals surface area contributed by atoms with Crippen LogP contribution in [0.15, 0.2) is 54.7 Å². The van der Waals surface area contributed by atoms with Gasteiger partial charge in [-0.15, -0.1) is 0 Å². The lowest BCUT2D eigenvalue weighted by molar-refractivity contribution is -0.129. The molecule has 0 amide bonds. The van der Waals surface area contributed by atoms with Gasteiger partial charge in [-0.2, -0.15) is 0 Å². The van der Waals surface area contributed by atoms with Crippen molar-refractivity contribution in [1.82, 2.24) is 4.98 Å². The zero-order valence-electron chi connectivity index (χ0n) is 12.5. The Kier molecular flexibility index (Phi) is 3.88. The number of fused-ring (bicyclic) bond motifs is 1. The summed E-state index contributed by atoms with van der Waals surface area (Å²) in [5.74, 6) is -0.751. The van der Waals surface area contributed by atoms with E-state index in [1.807, 2.05) is 54.7 Å². The maximum atomic E-state index is 10.6. The molecule has 1 unspecified atom stereocenters. The van der Waals surface area contributed by atoms with E-state index >= 15 is 0 Å². The molecule has 0 spiro atoms. The molecule has 4 heteroatoms. The highest BCUT2D eigenvalue weighted by atomic mass is 16.6. The minimum atomic E-state index is -1.38. The number of aromatic nitrogens is 1. The van der Waals surface area contributed by atoms with Gasteiger partial charge in [0.25, 0.3) is 0 Å². The number of nitrogens with one attached hydrogen (secondary N) is 1. The van der Waals surface area contributed by atoms with Crippen molar-refractivity contribution < 1.29 is 9.84 Å². The van der Waals surface area contributed by atoms with Crippen LogP contribution in [0.5, 0.6) is 5.75 Å². The molecule has 22 heavy (non-hydrogen) atoms. The van der Waals surface area contributed by atoms with Crippen molar-refractivity contribution in [3.63, 3.8) is 0 Å². The summed E-state index contributed by atoms with van der Waals surface area (Å²) in [5, 5.41) is 11.7. The van der Waals surface area contributed by atoms with Gasteiger partial charge in [-0.05, 0) is 36.7 Å². The van der Waals surface area contributed by atoms with Crippen molar-refractivity contribution in [3.8, 4) is 5.75 Å². The van der Waals surface area contributed by atoms with Crippen LogP contribution in [-0.4, -0.2) is 16.6 Å². The van der Waals surface area contributed by atoms with Crippen LogP contribution < -0.4 is 10.5 Å². The fourth-order valence-electron chi connectivity index (χ4n) is 2.62. The summed E-state index contributed by atoms with van der Waals surface area (Å²) in [4.78, 5) is 3.22. The number of hydrogen-bond acceptors (Lipinski definition) is 3. The van der Waals surface area contributed by atoms with Crippen molar-refractivity contribution in [1.29, 1.82) is 0 Å². The van der Waals surface area contributed by atoms with Crippen LogP contribution in [0.4, 0.5) is 0 Å². The third-order valence-electron chi connectivity index (χ3n) is 3.78. The van der Waals surface area contributed by atoms with Crippen molar-refractivity contribution in [2.75, 3.05) is 6.54 Å². The van der Waals surface area contributed by atoms with Gasteiger partial charge in [0, 0.05) is 29.6 Å². The Bertz CT molecular complexity index is 763. The lowest BCUT2D eigenvalue weighted by Gasteiger charge is -2.25. The standard InChI is InChI=1S/C18H20N2O2/c1-18(21,14-5-3-2-4-6-14)22-15-7-8-17-16(11-15)13(9-10-19)12-20-17/h2-8,11-12,20-21H,9-10,19H2,1H3. The first-order valence-electron chi connectivity index (χ1n) is 7.37. The number of aliphatic hydroxyl groups is 1. The van der Waals surface area contributed by atoms with E-state index in [1.54, 1.807) is 6.92 Å². The molecule has 2 aromatic carbocycles. The summed E-state index contributed by atoms with van der Waals surface area (Å²) in [6.07, 6.45) is 2.77. The highest BCUT2D eigenvalue weighted by molar-refractivity contribution is 5.84. The van der Waals surface area contributed by atoms with Crippen LogP contribution >= 0.6 is 0 Å². The number of rotatable bonds is 5. The molecule has 1 aromatic heterocycles. The van der Waals surface area contributed by atoms with Crippen LogP contribution in [0.3, 0.4) is 0 Å². The first-order valence-corrected chi connectivity index (χ1v) is 7.37. The van der Waals surface area contributed by atoms with Crippen LogP contribution in [0.25, 0.3) is 10.9 Å². The molecule has 0 aliphatic carbocycles. The van der Waals surface area contributed by atoms with E-state index in [9.17, 15) is 5.11 Å². The number of nitrogens with two attached hydrogens (primary N) is 1. The van der Waals surface area contributed by atoms with Crippen LogP contribution in [0, 0.1) is 0 Å². The number of hydrogen-bond donors (Lipinski definition) is 3. The summed E-state index contributed by atoms with van der Waals surface area (Å²) in [6.45, 7) is 2.24. The summed E-state index contributed by atoms with van der Waals surface area (Å²) >= 11 is 0. The van der Waals surface area contributed by atoms with E-state index in [1.165, 1.54) is 0 Å². The van der Waals surface area contributed by atoms with E-state index in [2.05, 4.69) is 4.98 Å². The molecule has 3 rings (SSSR count). The van der Waals surface area contributed by atoms with Gasteiger partial charge in [-0.3, -0.25) is 0 Å². The van der Waals surface area contributed by atoms with E-state index < -0.39 is 5.79 Å². The molecular formula is C18H20N2O2. The molecule has 1 atom stereocenters. The van der Waals surface area contributed by atoms with Crippen molar-refractivity contribution in [2.45, 2.75) is 19.1 Å². The second-order valence-corrected chi connectivity index (χ2v) is 5.51. The third kappa shape index (κ3) is 2.84. The molecule has 1 heterocycles. The third-order valence-corrected chi connectivity index (χ3v) is 3.78. The van der Waals surface area contributed by atoms with E-state index in [4.69, 9.17) is 10.5 Å². The Labute approximate surface area is 129 Å². The molecule has 0 fully saturated rings. The number of H-pyrrole nitrogens is 1. The highest BCUT2D eigenvalue weighted by Gasteiger charge is 2.25. The van der Waals surface area contributed by atoms with Crippen molar-refractivity contribution in [3.05, 3.63) is 65.9 Å². The fraction of sp³-hybridized carbons (Fsp3) is 0.222. The van der Waals surface area contributed by atoms with Gasteiger partial charge in [-0.25, -0.2) is 0 Å². The summed E-state index contributed by atoms with van der Waals surface area (Å²) in [7, 11) is 0. The lowest BCUT2D eigenvalue weighted by Crippen LogP contribution is -2.28. The molecule has 0 bridgehead atoms. The Morgan fingerprint density at radius 1 is 1.18 bits per heavy atom. The monoisotopic (exact) mass is 296 g/mol. The van der Waals surface area contributed by atoms with Gasteiger partial charge in [-0.1, -0.05) is 30.3 Å². The largest absolute Gasteiger partial charge is 0.459 e. The SMILES string of the molecule is CC(O)(Oc1ccc2[nH]cc(CCN)c2c1)c1ccccc1. The Morgan fingerprint density at radius 3 is 2.68 bits per heavy atom. The quantitative estimate of drug-likeness (QED) is 0.634.